The van der Waals surface area contributed by atoms with Crippen molar-refractivity contribution in [3.05, 3.63) is 12.7 Å². The van der Waals surface area contributed by atoms with Crippen molar-refractivity contribution in [3.8, 4) is 0 Å². The van der Waals surface area contributed by atoms with Gasteiger partial charge in [0.15, 0.2) is 0 Å². The zero-order valence-corrected chi connectivity index (χ0v) is 35.0. The summed E-state index contributed by atoms with van der Waals surface area (Å²) in [5, 5.41) is 0. The molecule has 0 aromatic heterocycles. The molecule has 0 N–H and O–H groups in total. The van der Waals surface area contributed by atoms with Gasteiger partial charge in [-0.1, -0.05) is 202 Å². The standard InChI is InChI=1S/C39H81NO2.C3H8.C3H6/c1-6-9-11-23-29-35-41-42-36-30-24-19-14-13-17-21-27-33-40(5)34-28-22-18-15-16-20-26-32-39(37-38(4)8-3)31-25-12-10-7-2;2*1-3-2/h38-39H,6-37H2,1-5H3;3H2,1-2H3;3H,1H2,2H3. The molecule has 0 rings (SSSR count). The first kappa shape index (κ1) is 52.0. The van der Waals surface area contributed by atoms with E-state index < -0.39 is 0 Å². The summed E-state index contributed by atoms with van der Waals surface area (Å²) < 4.78 is 0. The van der Waals surface area contributed by atoms with E-state index in [1.54, 1.807) is 6.08 Å². The fourth-order valence-electron chi connectivity index (χ4n) is 6.27. The normalized spacial score (nSPS) is 12.3. The second-order valence-corrected chi connectivity index (χ2v) is 15.0. The molecule has 0 aliphatic rings. The molecule has 0 bridgehead atoms. The van der Waals surface area contributed by atoms with Crippen LogP contribution in [0, 0.1) is 11.8 Å². The van der Waals surface area contributed by atoms with Crippen LogP contribution in [0.15, 0.2) is 12.7 Å². The van der Waals surface area contributed by atoms with Crippen LogP contribution in [0.25, 0.3) is 0 Å². The Balaban J connectivity index is -0.00000311. The van der Waals surface area contributed by atoms with Crippen LogP contribution in [0.4, 0.5) is 0 Å². The Morgan fingerprint density at radius 3 is 1.21 bits per heavy atom. The Hall–Kier alpha value is -0.380. The van der Waals surface area contributed by atoms with E-state index in [4.69, 9.17) is 9.78 Å². The van der Waals surface area contributed by atoms with Gasteiger partial charge in [0.2, 0.25) is 0 Å². The van der Waals surface area contributed by atoms with E-state index in [0.717, 1.165) is 37.9 Å². The average Bonchev–Trinajstić information content (AvgIpc) is 3.07. The van der Waals surface area contributed by atoms with Gasteiger partial charge in [-0.15, -0.1) is 6.58 Å². The van der Waals surface area contributed by atoms with Gasteiger partial charge in [-0.3, -0.25) is 0 Å². The summed E-state index contributed by atoms with van der Waals surface area (Å²) in [6.45, 7) is 23.0. The molecule has 0 saturated carbocycles. The first-order valence-electron chi connectivity index (χ1n) is 22.0. The molecule has 2 atom stereocenters. The SMILES string of the molecule is C=CC.CCC.CCCCCCCOOCCCCCCCCCCN(C)CCCCCCCCCC(CCCCCC)CC(C)CC. The lowest BCUT2D eigenvalue weighted by Crippen LogP contribution is -2.20. The van der Waals surface area contributed by atoms with Crippen LogP contribution in [0.5, 0.6) is 0 Å². The highest BCUT2D eigenvalue weighted by molar-refractivity contribution is 4.65. The predicted molar refractivity (Wildman–Crippen MR) is 220 cm³/mol. The molecule has 0 aromatic carbocycles. The third-order valence-electron chi connectivity index (χ3n) is 9.48. The highest BCUT2D eigenvalue weighted by atomic mass is 17.2. The van der Waals surface area contributed by atoms with E-state index in [9.17, 15) is 0 Å². The van der Waals surface area contributed by atoms with E-state index in [0.29, 0.717) is 0 Å². The van der Waals surface area contributed by atoms with Gasteiger partial charge in [-0.05, 0) is 71.0 Å². The van der Waals surface area contributed by atoms with Gasteiger partial charge in [-0.2, -0.15) is 0 Å². The minimum Gasteiger partial charge on any atom is -0.306 e. The van der Waals surface area contributed by atoms with Crippen LogP contribution in [-0.2, 0) is 9.78 Å². The summed E-state index contributed by atoms with van der Waals surface area (Å²) in [5.41, 5.74) is 0. The van der Waals surface area contributed by atoms with Crippen LogP contribution in [0.2, 0.25) is 0 Å². The fraction of sp³-hybridized carbons (Fsp3) is 0.956. The van der Waals surface area contributed by atoms with E-state index in [-0.39, 0.29) is 0 Å². The van der Waals surface area contributed by atoms with Crippen LogP contribution < -0.4 is 0 Å². The molecule has 2 unspecified atom stereocenters. The Morgan fingerprint density at radius 1 is 0.521 bits per heavy atom. The molecule has 48 heavy (non-hydrogen) atoms. The molecular formula is C45H95NO2. The number of nitrogens with zero attached hydrogens (tertiary/aromatic N) is 1. The number of allylic oxidation sites excluding steroid dienone is 1. The Bertz CT molecular complexity index is 539. The third kappa shape index (κ3) is 50.0. The van der Waals surface area contributed by atoms with Crippen LogP contribution in [0.1, 0.15) is 235 Å². The molecule has 0 saturated heterocycles. The zero-order valence-electron chi connectivity index (χ0n) is 35.0. The highest BCUT2D eigenvalue weighted by Crippen LogP contribution is 2.26. The molecule has 3 nitrogen and oxygen atoms in total. The maximum atomic E-state index is 5.31. The smallest absolute Gasteiger partial charge is 0.0822 e. The minimum absolute atomic E-state index is 0.761. The maximum Gasteiger partial charge on any atom is 0.0822 e. The summed E-state index contributed by atoms with van der Waals surface area (Å²) in [5.74, 6) is 1.92. The molecule has 0 aliphatic carbocycles. The van der Waals surface area contributed by atoms with Gasteiger partial charge in [0.25, 0.3) is 0 Å². The number of rotatable bonds is 36. The van der Waals surface area contributed by atoms with Crippen molar-refractivity contribution >= 4 is 0 Å². The number of hydrogen-bond acceptors (Lipinski definition) is 3. The number of unbranched alkanes of at least 4 members (excludes halogenated alkanes) is 20. The van der Waals surface area contributed by atoms with Gasteiger partial charge < -0.3 is 4.90 Å². The zero-order chi connectivity index (χ0) is 36.2. The molecule has 0 aromatic rings. The van der Waals surface area contributed by atoms with Crippen molar-refractivity contribution in [2.24, 2.45) is 11.8 Å². The molecular weight excluding hydrogens is 587 g/mol. The third-order valence-corrected chi connectivity index (χ3v) is 9.48. The molecule has 0 aliphatic heterocycles. The molecule has 0 spiro atoms. The van der Waals surface area contributed by atoms with E-state index in [2.05, 4.69) is 60.1 Å². The molecule has 3 heteroatoms. The molecule has 0 amide bonds. The van der Waals surface area contributed by atoms with Crippen molar-refractivity contribution in [1.82, 2.24) is 4.90 Å². The lowest BCUT2D eigenvalue weighted by atomic mass is 9.86. The van der Waals surface area contributed by atoms with Gasteiger partial charge in [0, 0.05) is 0 Å². The Kier molecular flexibility index (Phi) is 52.8. The van der Waals surface area contributed by atoms with Gasteiger partial charge >= 0.3 is 0 Å². The second kappa shape index (κ2) is 48.7. The van der Waals surface area contributed by atoms with Crippen molar-refractivity contribution in [2.75, 3.05) is 33.4 Å². The first-order chi connectivity index (χ1) is 23.5. The summed E-state index contributed by atoms with van der Waals surface area (Å²) in [6, 6.07) is 0. The monoisotopic (exact) mass is 682 g/mol. The number of hydrogen-bond donors (Lipinski definition) is 0. The van der Waals surface area contributed by atoms with E-state index >= 15 is 0 Å². The summed E-state index contributed by atoms with van der Waals surface area (Å²) in [7, 11) is 2.33. The van der Waals surface area contributed by atoms with Gasteiger partial charge in [-0.25, -0.2) is 9.78 Å². The second-order valence-electron chi connectivity index (χ2n) is 15.0. The fourth-order valence-corrected chi connectivity index (χ4v) is 6.27. The molecule has 292 valence electrons. The Labute approximate surface area is 306 Å². The van der Waals surface area contributed by atoms with Crippen LogP contribution >= 0.6 is 0 Å². The quantitative estimate of drug-likeness (QED) is 0.0284. The highest BCUT2D eigenvalue weighted by Gasteiger charge is 2.12. The minimum atomic E-state index is 0.761. The van der Waals surface area contributed by atoms with Crippen LogP contribution in [-0.4, -0.2) is 38.3 Å². The first-order valence-corrected chi connectivity index (χ1v) is 22.0. The van der Waals surface area contributed by atoms with Gasteiger partial charge in [0.05, 0.1) is 13.2 Å². The Morgan fingerprint density at radius 2 is 0.833 bits per heavy atom. The average molecular weight is 682 g/mol. The van der Waals surface area contributed by atoms with Crippen LogP contribution in [0.3, 0.4) is 0 Å². The lowest BCUT2D eigenvalue weighted by molar-refractivity contribution is -0.295. The van der Waals surface area contributed by atoms with Gasteiger partial charge in [0.1, 0.15) is 0 Å². The molecule has 0 heterocycles. The molecule has 0 radical (unpaired) electrons. The van der Waals surface area contributed by atoms with Crippen molar-refractivity contribution < 1.29 is 9.78 Å². The van der Waals surface area contributed by atoms with E-state index in [1.807, 2.05) is 6.92 Å². The van der Waals surface area contributed by atoms with Crippen molar-refractivity contribution in [3.63, 3.8) is 0 Å². The van der Waals surface area contributed by atoms with Crippen molar-refractivity contribution in [1.29, 1.82) is 0 Å². The predicted octanol–water partition coefficient (Wildman–Crippen LogP) is 15.7. The largest absolute Gasteiger partial charge is 0.306 e. The summed E-state index contributed by atoms with van der Waals surface area (Å²) >= 11 is 0. The van der Waals surface area contributed by atoms with E-state index in [1.165, 1.54) is 186 Å². The van der Waals surface area contributed by atoms with Crippen molar-refractivity contribution in [2.45, 2.75) is 235 Å². The topological polar surface area (TPSA) is 21.7 Å². The lowest BCUT2D eigenvalue weighted by Gasteiger charge is -2.20. The molecule has 0 fully saturated rings. The summed E-state index contributed by atoms with van der Waals surface area (Å²) in [6.07, 6.45) is 41.7. The summed E-state index contributed by atoms with van der Waals surface area (Å²) in [4.78, 5) is 13.2. The maximum absolute atomic E-state index is 5.31.